The summed E-state index contributed by atoms with van der Waals surface area (Å²) in [5, 5.41) is 0. The van der Waals surface area contributed by atoms with Gasteiger partial charge in [-0.3, -0.25) is 4.99 Å². The fourth-order valence-corrected chi connectivity index (χ4v) is 2.67. The molecule has 0 saturated carbocycles. The molecule has 0 unspecified atom stereocenters. The minimum atomic E-state index is 0.970. The second-order valence-electron chi connectivity index (χ2n) is 3.88. The summed E-state index contributed by atoms with van der Waals surface area (Å²) in [4.78, 5) is 4.67. The van der Waals surface area contributed by atoms with Gasteiger partial charge < -0.3 is 0 Å². The predicted octanol–water partition coefficient (Wildman–Crippen LogP) is 4.11. The summed E-state index contributed by atoms with van der Waals surface area (Å²) in [6.07, 6.45) is 5.36. The molecule has 0 amide bonds. The van der Waals surface area contributed by atoms with Crippen LogP contribution in [0.25, 0.3) is 5.57 Å². The zero-order chi connectivity index (χ0) is 10.4. The SMILES string of the molecule is CC1=C2C(=Nc3ccc(I)cc32)CC=C1. The Morgan fingerprint density at radius 3 is 3.07 bits per heavy atom. The van der Waals surface area contributed by atoms with Crippen LogP contribution < -0.4 is 0 Å². The van der Waals surface area contributed by atoms with Crippen molar-refractivity contribution in [2.24, 2.45) is 4.99 Å². The minimum Gasteiger partial charge on any atom is -0.252 e. The number of halogens is 1. The van der Waals surface area contributed by atoms with Gasteiger partial charge in [-0.1, -0.05) is 12.2 Å². The molecule has 2 aliphatic rings. The van der Waals surface area contributed by atoms with E-state index in [2.05, 4.69) is 64.9 Å². The van der Waals surface area contributed by atoms with E-state index in [9.17, 15) is 0 Å². The molecule has 2 heteroatoms. The number of benzene rings is 1. The second kappa shape index (κ2) is 3.30. The zero-order valence-corrected chi connectivity index (χ0v) is 10.6. The van der Waals surface area contributed by atoms with Crippen LogP contribution in [0.1, 0.15) is 18.9 Å². The van der Waals surface area contributed by atoms with Gasteiger partial charge >= 0.3 is 0 Å². The topological polar surface area (TPSA) is 12.4 Å². The van der Waals surface area contributed by atoms with Gasteiger partial charge in [0.05, 0.1) is 11.4 Å². The quantitative estimate of drug-likeness (QED) is 0.640. The molecule has 1 aliphatic heterocycles. The first-order chi connectivity index (χ1) is 7.25. The Morgan fingerprint density at radius 2 is 2.20 bits per heavy atom. The molecule has 3 rings (SSSR count). The number of fused-ring (bicyclic) bond motifs is 3. The van der Waals surface area contributed by atoms with E-state index in [1.807, 2.05) is 0 Å². The number of hydrogen-bond acceptors (Lipinski definition) is 1. The van der Waals surface area contributed by atoms with Gasteiger partial charge in [0.2, 0.25) is 0 Å². The lowest BCUT2D eigenvalue weighted by Gasteiger charge is -2.10. The molecular formula is C13H10IN. The lowest BCUT2D eigenvalue weighted by Crippen LogP contribution is -2.01. The predicted molar refractivity (Wildman–Crippen MR) is 72.6 cm³/mol. The summed E-state index contributed by atoms with van der Waals surface area (Å²) >= 11 is 2.35. The van der Waals surface area contributed by atoms with Gasteiger partial charge in [0, 0.05) is 21.1 Å². The molecule has 1 aliphatic carbocycles. The number of allylic oxidation sites excluding steroid dienone is 4. The van der Waals surface area contributed by atoms with Crippen molar-refractivity contribution in [2.45, 2.75) is 13.3 Å². The zero-order valence-electron chi connectivity index (χ0n) is 8.42. The Kier molecular flexibility index (Phi) is 2.06. The van der Waals surface area contributed by atoms with Gasteiger partial charge in [-0.05, 0) is 53.3 Å². The van der Waals surface area contributed by atoms with Gasteiger partial charge in [-0.25, -0.2) is 0 Å². The van der Waals surface area contributed by atoms with Gasteiger partial charge in [0.1, 0.15) is 0 Å². The van der Waals surface area contributed by atoms with Gasteiger partial charge in [-0.15, -0.1) is 0 Å². The molecule has 0 aromatic heterocycles. The standard InChI is InChI=1S/C13H10IN/c1-8-3-2-4-12-13(8)10-7-9(14)5-6-11(10)15-12/h2-3,5-7H,4H2,1H3. The third-order valence-corrected chi connectivity index (χ3v) is 3.52. The lowest BCUT2D eigenvalue weighted by atomic mass is 9.92. The van der Waals surface area contributed by atoms with Gasteiger partial charge in [0.15, 0.2) is 0 Å². The Bertz CT molecular complexity index is 535. The summed E-state index contributed by atoms with van der Waals surface area (Å²) in [5.74, 6) is 0. The van der Waals surface area contributed by atoms with E-state index in [0.29, 0.717) is 0 Å². The summed E-state index contributed by atoms with van der Waals surface area (Å²) in [6, 6.07) is 6.46. The molecule has 1 heterocycles. The molecule has 0 saturated heterocycles. The van der Waals surface area contributed by atoms with E-state index >= 15 is 0 Å². The van der Waals surface area contributed by atoms with Crippen molar-refractivity contribution in [1.82, 2.24) is 0 Å². The maximum atomic E-state index is 4.67. The van der Waals surface area contributed by atoms with Crippen molar-refractivity contribution < 1.29 is 0 Å². The molecule has 1 aromatic rings. The number of nitrogens with zero attached hydrogens (tertiary/aromatic N) is 1. The summed E-state index contributed by atoms with van der Waals surface area (Å²) in [5.41, 5.74) is 6.35. The van der Waals surface area contributed by atoms with E-state index in [4.69, 9.17) is 0 Å². The highest BCUT2D eigenvalue weighted by Crippen LogP contribution is 2.40. The van der Waals surface area contributed by atoms with Crippen LogP contribution in [0.4, 0.5) is 5.69 Å². The van der Waals surface area contributed by atoms with Gasteiger partial charge in [-0.2, -0.15) is 0 Å². The normalized spacial score (nSPS) is 17.6. The average molecular weight is 307 g/mol. The van der Waals surface area contributed by atoms with E-state index in [0.717, 1.165) is 12.1 Å². The lowest BCUT2D eigenvalue weighted by molar-refractivity contribution is 1.39. The van der Waals surface area contributed by atoms with Crippen LogP contribution in [-0.4, -0.2) is 5.71 Å². The van der Waals surface area contributed by atoms with Crippen molar-refractivity contribution in [3.8, 4) is 0 Å². The van der Waals surface area contributed by atoms with Crippen molar-refractivity contribution in [3.05, 3.63) is 45.1 Å². The fourth-order valence-electron chi connectivity index (χ4n) is 2.18. The average Bonchev–Trinajstić information content (AvgIpc) is 2.57. The van der Waals surface area contributed by atoms with Crippen LogP contribution in [0.15, 0.2) is 40.9 Å². The number of rotatable bonds is 0. The van der Waals surface area contributed by atoms with Crippen LogP contribution in [0.2, 0.25) is 0 Å². The first-order valence-corrected chi connectivity index (χ1v) is 6.09. The fraction of sp³-hybridized carbons (Fsp3) is 0.154. The molecule has 0 radical (unpaired) electrons. The Balaban J connectivity index is 2.29. The first kappa shape index (κ1) is 9.33. The Hall–Kier alpha value is -0.900. The molecular weight excluding hydrogens is 297 g/mol. The smallest absolute Gasteiger partial charge is 0.0713 e. The van der Waals surface area contributed by atoms with Crippen LogP contribution >= 0.6 is 22.6 Å². The highest BCUT2D eigenvalue weighted by Gasteiger charge is 2.23. The summed E-state index contributed by atoms with van der Waals surface area (Å²) < 4.78 is 1.28. The molecule has 0 atom stereocenters. The Morgan fingerprint density at radius 1 is 1.33 bits per heavy atom. The maximum Gasteiger partial charge on any atom is 0.0713 e. The van der Waals surface area contributed by atoms with E-state index in [1.54, 1.807) is 0 Å². The van der Waals surface area contributed by atoms with Crippen LogP contribution in [-0.2, 0) is 0 Å². The highest BCUT2D eigenvalue weighted by molar-refractivity contribution is 14.1. The van der Waals surface area contributed by atoms with Crippen molar-refractivity contribution >= 4 is 39.6 Å². The first-order valence-electron chi connectivity index (χ1n) is 5.01. The van der Waals surface area contributed by atoms with Crippen molar-refractivity contribution in [3.63, 3.8) is 0 Å². The van der Waals surface area contributed by atoms with E-state index in [1.165, 1.54) is 26.0 Å². The molecule has 74 valence electrons. The minimum absolute atomic E-state index is 0.970. The van der Waals surface area contributed by atoms with E-state index < -0.39 is 0 Å². The largest absolute Gasteiger partial charge is 0.252 e. The van der Waals surface area contributed by atoms with E-state index in [-0.39, 0.29) is 0 Å². The van der Waals surface area contributed by atoms with Crippen LogP contribution in [0.3, 0.4) is 0 Å². The third-order valence-electron chi connectivity index (χ3n) is 2.85. The molecule has 0 spiro atoms. The molecule has 0 fully saturated rings. The maximum absolute atomic E-state index is 4.67. The molecule has 15 heavy (non-hydrogen) atoms. The molecule has 0 bridgehead atoms. The Labute approximate surface area is 103 Å². The second-order valence-corrected chi connectivity index (χ2v) is 5.13. The highest BCUT2D eigenvalue weighted by atomic mass is 127. The van der Waals surface area contributed by atoms with Crippen molar-refractivity contribution in [2.75, 3.05) is 0 Å². The molecule has 1 nitrogen and oxygen atoms in total. The number of aliphatic imine (C=N–C) groups is 1. The monoisotopic (exact) mass is 307 g/mol. The van der Waals surface area contributed by atoms with Crippen LogP contribution in [0.5, 0.6) is 0 Å². The molecule has 0 N–H and O–H groups in total. The molecule has 1 aromatic carbocycles. The third kappa shape index (κ3) is 1.39. The summed E-state index contributed by atoms with van der Waals surface area (Å²) in [7, 11) is 0. The van der Waals surface area contributed by atoms with Crippen LogP contribution in [0, 0.1) is 3.57 Å². The summed E-state index contributed by atoms with van der Waals surface area (Å²) in [6.45, 7) is 2.16. The van der Waals surface area contributed by atoms with Crippen molar-refractivity contribution in [1.29, 1.82) is 0 Å². The van der Waals surface area contributed by atoms with Gasteiger partial charge in [0.25, 0.3) is 0 Å². The number of hydrogen-bond donors (Lipinski definition) is 0.